The van der Waals surface area contributed by atoms with Crippen LogP contribution in [0.4, 0.5) is 4.79 Å². The summed E-state index contributed by atoms with van der Waals surface area (Å²) in [5.74, 6) is -2.13. The predicted octanol–water partition coefficient (Wildman–Crippen LogP) is 2.91. The molecule has 0 fully saturated rings. The summed E-state index contributed by atoms with van der Waals surface area (Å²) >= 11 is 0. The lowest BCUT2D eigenvalue weighted by Crippen LogP contribution is -2.41. The standard InChI is InChI=1S/C24H30N2O7S/c27-22(14-8-3-9-16-25-24(30)33-18-19-10-4-1-5-11-19)26-21(23(28)29)15-17-34(31,32)20-12-6-2-7-13-20/h1-2,4-7,10-13,21H,3,8-9,14-18H2,(H,25,30)(H,26,27)(H,28,29)/t21-/m1/s1. The highest BCUT2D eigenvalue weighted by Gasteiger charge is 2.23. The molecule has 2 aromatic rings. The van der Waals surface area contributed by atoms with Crippen LogP contribution in [-0.4, -0.2) is 49.8 Å². The van der Waals surface area contributed by atoms with Crippen LogP contribution >= 0.6 is 0 Å². The van der Waals surface area contributed by atoms with E-state index in [0.29, 0.717) is 25.8 Å². The number of carboxylic acids is 1. The zero-order valence-electron chi connectivity index (χ0n) is 18.8. The topological polar surface area (TPSA) is 139 Å². The first-order valence-corrected chi connectivity index (χ1v) is 12.7. The van der Waals surface area contributed by atoms with Crippen molar-refractivity contribution < 1.29 is 32.6 Å². The van der Waals surface area contributed by atoms with Crippen LogP contribution in [0.5, 0.6) is 0 Å². The first-order valence-electron chi connectivity index (χ1n) is 11.0. The Morgan fingerprint density at radius 3 is 2.21 bits per heavy atom. The number of ether oxygens (including phenoxy) is 1. The molecule has 0 saturated carbocycles. The molecule has 0 aromatic heterocycles. The van der Waals surface area contributed by atoms with Crippen LogP contribution in [0.15, 0.2) is 65.6 Å². The Morgan fingerprint density at radius 1 is 0.912 bits per heavy atom. The highest BCUT2D eigenvalue weighted by atomic mass is 32.2. The van der Waals surface area contributed by atoms with E-state index < -0.39 is 33.8 Å². The van der Waals surface area contributed by atoms with Crippen molar-refractivity contribution in [3.05, 3.63) is 66.2 Å². The number of carboxylic acid groups (broad SMARTS) is 1. The average Bonchev–Trinajstić information content (AvgIpc) is 2.83. The summed E-state index contributed by atoms with van der Waals surface area (Å²) in [5.41, 5.74) is 0.890. The van der Waals surface area contributed by atoms with Crippen LogP contribution in [0.2, 0.25) is 0 Å². The van der Waals surface area contributed by atoms with Crippen LogP contribution < -0.4 is 10.6 Å². The van der Waals surface area contributed by atoms with Crippen molar-refractivity contribution >= 4 is 27.8 Å². The Labute approximate surface area is 199 Å². The molecule has 9 nitrogen and oxygen atoms in total. The van der Waals surface area contributed by atoms with Crippen molar-refractivity contribution in [2.24, 2.45) is 0 Å². The number of alkyl carbamates (subject to hydrolysis) is 1. The summed E-state index contributed by atoms with van der Waals surface area (Å²) in [7, 11) is -3.64. The van der Waals surface area contributed by atoms with Gasteiger partial charge in [-0.25, -0.2) is 18.0 Å². The fourth-order valence-electron chi connectivity index (χ4n) is 3.09. The summed E-state index contributed by atoms with van der Waals surface area (Å²) in [4.78, 5) is 35.3. The first kappa shape index (κ1) is 26.8. The number of unbranched alkanes of at least 4 members (excludes halogenated alkanes) is 2. The molecule has 2 amide bonds. The predicted molar refractivity (Wildman–Crippen MR) is 126 cm³/mol. The van der Waals surface area contributed by atoms with Crippen LogP contribution in [0, 0.1) is 0 Å². The number of carbonyl (C=O) groups excluding carboxylic acids is 2. The number of carbonyl (C=O) groups is 3. The number of rotatable bonds is 14. The van der Waals surface area contributed by atoms with Crippen molar-refractivity contribution in [3.63, 3.8) is 0 Å². The lowest BCUT2D eigenvalue weighted by molar-refractivity contribution is -0.141. The molecule has 34 heavy (non-hydrogen) atoms. The van der Waals surface area contributed by atoms with Crippen molar-refractivity contribution in [2.75, 3.05) is 12.3 Å². The minimum Gasteiger partial charge on any atom is -0.480 e. The van der Waals surface area contributed by atoms with Crippen LogP contribution in [0.25, 0.3) is 0 Å². The number of nitrogens with one attached hydrogen (secondary N) is 2. The van der Waals surface area contributed by atoms with Crippen molar-refractivity contribution in [1.29, 1.82) is 0 Å². The van der Waals surface area contributed by atoms with Crippen molar-refractivity contribution in [3.8, 4) is 0 Å². The monoisotopic (exact) mass is 490 g/mol. The normalized spacial score (nSPS) is 11.9. The molecule has 0 unspecified atom stereocenters. The second-order valence-corrected chi connectivity index (χ2v) is 9.79. The largest absolute Gasteiger partial charge is 0.480 e. The smallest absolute Gasteiger partial charge is 0.407 e. The fraction of sp³-hybridized carbons (Fsp3) is 0.375. The fourth-order valence-corrected chi connectivity index (χ4v) is 4.45. The third-order valence-electron chi connectivity index (χ3n) is 4.97. The van der Waals surface area contributed by atoms with E-state index in [-0.39, 0.29) is 30.1 Å². The maximum Gasteiger partial charge on any atom is 0.407 e. The van der Waals surface area contributed by atoms with Crippen LogP contribution in [0.3, 0.4) is 0 Å². The molecule has 0 aliphatic carbocycles. The summed E-state index contributed by atoms with van der Waals surface area (Å²) in [6, 6.07) is 15.8. The Kier molecular flexibility index (Phi) is 11.0. The summed E-state index contributed by atoms with van der Waals surface area (Å²) in [6.45, 7) is 0.578. The van der Waals surface area contributed by atoms with Gasteiger partial charge < -0.3 is 20.5 Å². The van der Waals surface area contributed by atoms with Crippen LogP contribution in [-0.2, 0) is 30.8 Å². The Bertz CT molecular complexity index is 1030. The molecule has 3 N–H and O–H groups in total. The number of aliphatic carboxylic acids is 1. The molecule has 1 atom stereocenters. The molecule has 0 radical (unpaired) electrons. The van der Waals surface area contributed by atoms with E-state index >= 15 is 0 Å². The summed E-state index contributed by atoms with van der Waals surface area (Å²) < 4.78 is 29.8. The van der Waals surface area contributed by atoms with Gasteiger partial charge in [0.15, 0.2) is 9.84 Å². The maximum atomic E-state index is 12.3. The lowest BCUT2D eigenvalue weighted by Gasteiger charge is -2.15. The number of sulfone groups is 1. The van der Waals surface area contributed by atoms with Gasteiger partial charge in [0.25, 0.3) is 0 Å². The second kappa shape index (κ2) is 14.0. The van der Waals surface area contributed by atoms with Gasteiger partial charge in [-0.1, -0.05) is 55.0 Å². The van der Waals surface area contributed by atoms with Gasteiger partial charge in [-0.05, 0) is 37.0 Å². The van der Waals surface area contributed by atoms with E-state index in [1.54, 1.807) is 18.2 Å². The van der Waals surface area contributed by atoms with E-state index in [2.05, 4.69) is 10.6 Å². The number of hydrogen-bond acceptors (Lipinski definition) is 6. The lowest BCUT2D eigenvalue weighted by atomic mass is 10.1. The zero-order valence-corrected chi connectivity index (χ0v) is 19.6. The van der Waals surface area contributed by atoms with Gasteiger partial charge in [0.1, 0.15) is 12.6 Å². The average molecular weight is 491 g/mol. The van der Waals surface area contributed by atoms with Crippen LogP contribution in [0.1, 0.15) is 37.7 Å². The SMILES string of the molecule is O=C(CCCCCNC(=O)OCc1ccccc1)N[C@H](CCS(=O)(=O)c1ccccc1)C(=O)O. The molecule has 0 aliphatic rings. The molecular weight excluding hydrogens is 460 g/mol. The molecule has 2 aromatic carbocycles. The number of amides is 2. The van der Waals surface area contributed by atoms with Crippen molar-refractivity contribution in [1.82, 2.24) is 10.6 Å². The van der Waals surface area contributed by atoms with Gasteiger partial charge >= 0.3 is 12.1 Å². The Balaban J connectivity index is 1.61. The minimum atomic E-state index is -3.64. The van der Waals surface area contributed by atoms with Gasteiger partial charge in [-0.2, -0.15) is 0 Å². The highest BCUT2D eigenvalue weighted by Crippen LogP contribution is 2.12. The van der Waals surface area contributed by atoms with E-state index in [1.165, 1.54) is 12.1 Å². The summed E-state index contributed by atoms with van der Waals surface area (Å²) in [6.07, 6.45) is 1.14. The highest BCUT2D eigenvalue weighted by molar-refractivity contribution is 7.91. The molecule has 0 spiro atoms. The van der Waals surface area contributed by atoms with Gasteiger partial charge in [0.05, 0.1) is 10.6 Å². The second-order valence-electron chi connectivity index (χ2n) is 7.68. The molecule has 0 aliphatic heterocycles. The van der Waals surface area contributed by atoms with E-state index in [9.17, 15) is 27.9 Å². The molecule has 184 valence electrons. The molecule has 0 saturated heterocycles. The Hall–Kier alpha value is -3.40. The van der Waals surface area contributed by atoms with E-state index in [4.69, 9.17) is 4.74 Å². The minimum absolute atomic E-state index is 0.105. The molecule has 0 heterocycles. The zero-order chi connectivity index (χ0) is 24.8. The quantitative estimate of drug-likeness (QED) is 0.346. The van der Waals surface area contributed by atoms with E-state index in [1.807, 2.05) is 30.3 Å². The molecule has 10 heteroatoms. The van der Waals surface area contributed by atoms with Gasteiger partial charge in [-0.15, -0.1) is 0 Å². The summed E-state index contributed by atoms with van der Waals surface area (Å²) in [5, 5.41) is 14.4. The molecular formula is C24H30N2O7S. The molecule has 0 bridgehead atoms. The van der Waals surface area contributed by atoms with Gasteiger partial charge in [-0.3, -0.25) is 4.79 Å². The maximum absolute atomic E-state index is 12.3. The number of hydrogen-bond donors (Lipinski definition) is 3. The van der Waals surface area contributed by atoms with Crippen molar-refractivity contribution in [2.45, 2.75) is 49.6 Å². The third-order valence-corrected chi connectivity index (χ3v) is 6.74. The first-order chi connectivity index (χ1) is 16.3. The number of benzene rings is 2. The third kappa shape index (κ3) is 10.0. The van der Waals surface area contributed by atoms with Gasteiger partial charge in [0, 0.05) is 13.0 Å². The Morgan fingerprint density at radius 2 is 1.56 bits per heavy atom. The van der Waals surface area contributed by atoms with Gasteiger partial charge in [0.2, 0.25) is 5.91 Å². The van der Waals surface area contributed by atoms with E-state index in [0.717, 1.165) is 5.56 Å². The molecule has 2 rings (SSSR count).